The van der Waals surface area contributed by atoms with E-state index in [1.807, 2.05) is 19.1 Å². The number of hydrogen-bond acceptors (Lipinski definition) is 2. The van der Waals surface area contributed by atoms with E-state index < -0.39 is 0 Å². The third kappa shape index (κ3) is 1.52. The van der Waals surface area contributed by atoms with Gasteiger partial charge in [-0.15, -0.1) is 0 Å². The molecule has 1 aromatic rings. The molecule has 1 aliphatic heterocycles. The Morgan fingerprint density at radius 3 is 3.21 bits per heavy atom. The highest BCUT2D eigenvalue weighted by atomic mass is 16.5. The summed E-state index contributed by atoms with van der Waals surface area (Å²) in [6.45, 7) is 2.64. The van der Waals surface area contributed by atoms with Crippen molar-refractivity contribution in [2.24, 2.45) is 5.11 Å². The molecule has 1 atom stereocenters. The molecule has 0 bridgehead atoms. The van der Waals surface area contributed by atoms with E-state index in [1.165, 1.54) is 5.56 Å². The lowest BCUT2D eigenvalue weighted by molar-refractivity contribution is 0.357. The molecule has 1 aliphatic rings. The van der Waals surface area contributed by atoms with Crippen LogP contribution in [-0.4, -0.2) is 6.61 Å². The summed E-state index contributed by atoms with van der Waals surface area (Å²) in [5.74, 6) is 0.960. The van der Waals surface area contributed by atoms with Gasteiger partial charge in [0.1, 0.15) is 5.75 Å². The van der Waals surface area contributed by atoms with E-state index in [4.69, 9.17) is 10.3 Å². The molecule has 14 heavy (non-hydrogen) atoms. The second-order valence-corrected chi connectivity index (χ2v) is 3.35. The number of rotatable bonds is 2. The summed E-state index contributed by atoms with van der Waals surface area (Å²) in [6.07, 6.45) is 0.951. The first-order valence-corrected chi connectivity index (χ1v) is 4.61. The number of benzene rings is 1. The number of fused-ring (bicyclic) bond motifs is 1. The van der Waals surface area contributed by atoms with Crippen LogP contribution in [0.25, 0.3) is 10.4 Å². The van der Waals surface area contributed by atoms with Crippen LogP contribution in [0.4, 0.5) is 0 Å². The molecule has 72 valence electrons. The molecule has 0 N–H and O–H groups in total. The first-order chi connectivity index (χ1) is 6.81. The maximum Gasteiger partial charge on any atom is 0.122 e. The first kappa shape index (κ1) is 8.91. The monoisotopic (exact) mass is 189 g/mol. The number of ether oxygens (including phenoxy) is 1. The summed E-state index contributed by atoms with van der Waals surface area (Å²) >= 11 is 0. The van der Waals surface area contributed by atoms with E-state index in [1.54, 1.807) is 0 Å². The van der Waals surface area contributed by atoms with Crippen LogP contribution in [0.1, 0.15) is 24.1 Å². The zero-order valence-corrected chi connectivity index (χ0v) is 7.97. The average molecular weight is 189 g/mol. The van der Waals surface area contributed by atoms with Gasteiger partial charge in [0.05, 0.1) is 12.6 Å². The largest absolute Gasteiger partial charge is 0.493 e. The fourth-order valence-electron chi connectivity index (χ4n) is 1.61. The van der Waals surface area contributed by atoms with Gasteiger partial charge in [0.25, 0.3) is 0 Å². The molecule has 1 aromatic carbocycles. The standard InChI is InChI=1S/C10H11N3O/c1-7(12-13-11)8-2-3-10-9(6-8)4-5-14-10/h2-3,6-7H,4-5H2,1H3/t7-/m0/s1. The number of hydrogen-bond donors (Lipinski definition) is 0. The Labute approximate surface area is 82.1 Å². The molecular weight excluding hydrogens is 178 g/mol. The van der Waals surface area contributed by atoms with Gasteiger partial charge in [-0.3, -0.25) is 0 Å². The Hall–Kier alpha value is -1.67. The van der Waals surface area contributed by atoms with Crippen molar-refractivity contribution < 1.29 is 4.74 Å². The van der Waals surface area contributed by atoms with Crippen LogP contribution in [0.5, 0.6) is 5.75 Å². The van der Waals surface area contributed by atoms with Crippen molar-refractivity contribution >= 4 is 0 Å². The van der Waals surface area contributed by atoms with Crippen LogP contribution in [0, 0.1) is 0 Å². The first-order valence-electron chi connectivity index (χ1n) is 4.61. The molecule has 0 amide bonds. The predicted octanol–water partition coefficient (Wildman–Crippen LogP) is 2.99. The molecule has 2 rings (SSSR count). The van der Waals surface area contributed by atoms with E-state index in [0.717, 1.165) is 24.3 Å². The van der Waals surface area contributed by atoms with Gasteiger partial charge in [-0.25, -0.2) is 0 Å². The molecular formula is C10H11N3O. The molecule has 0 saturated heterocycles. The second kappa shape index (κ2) is 3.60. The van der Waals surface area contributed by atoms with E-state index >= 15 is 0 Å². The Morgan fingerprint density at radius 2 is 2.43 bits per heavy atom. The van der Waals surface area contributed by atoms with Gasteiger partial charge in [-0.05, 0) is 22.7 Å². The van der Waals surface area contributed by atoms with E-state index in [0.29, 0.717) is 0 Å². The highest BCUT2D eigenvalue weighted by Crippen LogP contribution is 2.29. The molecule has 0 fully saturated rings. The highest BCUT2D eigenvalue weighted by molar-refractivity contribution is 5.40. The third-order valence-electron chi connectivity index (χ3n) is 2.42. The lowest BCUT2D eigenvalue weighted by Gasteiger charge is -2.06. The molecule has 4 nitrogen and oxygen atoms in total. The Kier molecular flexibility index (Phi) is 2.29. The average Bonchev–Trinajstić information content (AvgIpc) is 2.64. The van der Waals surface area contributed by atoms with Crippen LogP contribution >= 0.6 is 0 Å². The zero-order chi connectivity index (χ0) is 9.97. The zero-order valence-electron chi connectivity index (χ0n) is 7.97. The lowest BCUT2D eigenvalue weighted by Crippen LogP contribution is -1.89. The van der Waals surface area contributed by atoms with E-state index in [-0.39, 0.29) is 6.04 Å². The van der Waals surface area contributed by atoms with Gasteiger partial charge < -0.3 is 4.74 Å². The summed E-state index contributed by atoms with van der Waals surface area (Å²) in [4.78, 5) is 2.80. The summed E-state index contributed by atoms with van der Waals surface area (Å²) in [6, 6.07) is 5.84. The smallest absolute Gasteiger partial charge is 0.122 e. The minimum Gasteiger partial charge on any atom is -0.493 e. The van der Waals surface area contributed by atoms with E-state index in [2.05, 4.69) is 16.1 Å². The molecule has 1 heterocycles. The van der Waals surface area contributed by atoms with Crippen molar-refractivity contribution in [1.29, 1.82) is 0 Å². The quantitative estimate of drug-likeness (QED) is 0.400. The van der Waals surface area contributed by atoms with Gasteiger partial charge in [-0.1, -0.05) is 24.2 Å². The summed E-state index contributed by atoms with van der Waals surface area (Å²) < 4.78 is 5.39. The maximum absolute atomic E-state index is 8.33. The third-order valence-corrected chi connectivity index (χ3v) is 2.42. The predicted molar refractivity (Wildman–Crippen MR) is 53.2 cm³/mol. The molecule has 0 spiro atoms. The van der Waals surface area contributed by atoms with Crippen LogP contribution in [0.2, 0.25) is 0 Å². The van der Waals surface area contributed by atoms with E-state index in [9.17, 15) is 0 Å². The molecule has 0 radical (unpaired) electrons. The Balaban J connectivity index is 2.32. The van der Waals surface area contributed by atoms with Crippen LogP contribution in [-0.2, 0) is 6.42 Å². The van der Waals surface area contributed by atoms with Gasteiger partial charge >= 0.3 is 0 Å². The van der Waals surface area contributed by atoms with Crippen molar-refractivity contribution in [3.8, 4) is 5.75 Å². The highest BCUT2D eigenvalue weighted by Gasteiger charge is 2.13. The molecule has 0 unspecified atom stereocenters. The van der Waals surface area contributed by atoms with Crippen molar-refractivity contribution in [2.75, 3.05) is 6.61 Å². The second-order valence-electron chi connectivity index (χ2n) is 3.35. The van der Waals surface area contributed by atoms with Gasteiger partial charge in [0.15, 0.2) is 0 Å². The fourth-order valence-corrected chi connectivity index (χ4v) is 1.61. The number of azide groups is 1. The minimum atomic E-state index is -0.106. The normalized spacial score (nSPS) is 15.2. The van der Waals surface area contributed by atoms with Crippen LogP contribution in [0.3, 0.4) is 0 Å². The fraction of sp³-hybridized carbons (Fsp3) is 0.400. The van der Waals surface area contributed by atoms with Gasteiger partial charge in [0.2, 0.25) is 0 Å². The lowest BCUT2D eigenvalue weighted by atomic mass is 10.0. The topological polar surface area (TPSA) is 58.0 Å². The Morgan fingerprint density at radius 1 is 1.57 bits per heavy atom. The van der Waals surface area contributed by atoms with Crippen molar-refractivity contribution in [1.82, 2.24) is 0 Å². The van der Waals surface area contributed by atoms with Crippen molar-refractivity contribution in [2.45, 2.75) is 19.4 Å². The molecule has 0 aromatic heterocycles. The van der Waals surface area contributed by atoms with Crippen molar-refractivity contribution in [3.63, 3.8) is 0 Å². The molecule has 0 saturated carbocycles. The minimum absolute atomic E-state index is 0.106. The molecule has 0 aliphatic carbocycles. The Bertz CT molecular complexity index is 396. The number of nitrogens with zero attached hydrogens (tertiary/aromatic N) is 3. The summed E-state index contributed by atoms with van der Waals surface area (Å²) in [7, 11) is 0. The maximum atomic E-state index is 8.33. The summed E-state index contributed by atoms with van der Waals surface area (Å²) in [5.41, 5.74) is 10.6. The van der Waals surface area contributed by atoms with Crippen LogP contribution in [0.15, 0.2) is 23.3 Å². The summed E-state index contributed by atoms with van der Waals surface area (Å²) in [5, 5.41) is 3.66. The van der Waals surface area contributed by atoms with Gasteiger partial charge in [-0.2, -0.15) is 0 Å². The molecule has 4 heteroatoms. The SMILES string of the molecule is C[C@H](N=[N+]=[N-])c1ccc2c(c1)CCO2. The van der Waals surface area contributed by atoms with Crippen molar-refractivity contribution in [3.05, 3.63) is 39.8 Å². The van der Waals surface area contributed by atoms with Gasteiger partial charge in [0, 0.05) is 11.3 Å². The van der Waals surface area contributed by atoms with Crippen LogP contribution < -0.4 is 4.74 Å².